The molecule has 1 N–H and O–H groups in total. The maximum absolute atomic E-state index is 13.5. The van der Waals surface area contributed by atoms with Crippen molar-refractivity contribution in [1.29, 1.82) is 0 Å². The number of carbonyl (C=O) groups is 1. The molecule has 0 amide bonds. The number of carbonyl (C=O) groups excluding carboxylic acids is 1. The van der Waals surface area contributed by atoms with Gasteiger partial charge in [0.2, 0.25) is 0 Å². The molecule has 0 spiro atoms. The van der Waals surface area contributed by atoms with Crippen LogP contribution in [-0.2, 0) is 0 Å². The standard InChI is InChI=1S/C28H28F3NO2/c29-22-9-3-19(4-10-22)25-15-17-32(16-1-2-27(33)20-5-11-23(30)12-6-20)18-26(25)28(34)21-7-13-24(31)14-8-21/h3-14,25-26,28,34H,1-2,15-18H2/t25-,26-,28?/m0/s1. The van der Waals surface area contributed by atoms with Crippen LogP contribution in [0.3, 0.4) is 0 Å². The second-order valence-corrected chi connectivity index (χ2v) is 8.94. The molecule has 0 saturated carbocycles. The molecular formula is C28H28F3NO2. The van der Waals surface area contributed by atoms with Crippen molar-refractivity contribution in [2.24, 2.45) is 5.92 Å². The van der Waals surface area contributed by atoms with Crippen LogP contribution in [0.5, 0.6) is 0 Å². The van der Waals surface area contributed by atoms with Crippen LogP contribution in [0, 0.1) is 23.4 Å². The highest BCUT2D eigenvalue weighted by Crippen LogP contribution is 2.40. The van der Waals surface area contributed by atoms with Crippen molar-refractivity contribution in [3.8, 4) is 0 Å². The van der Waals surface area contributed by atoms with Gasteiger partial charge in [0, 0.05) is 24.4 Å². The van der Waals surface area contributed by atoms with Crippen molar-refractivity contribution >= 4 is 5.78 Å². The zero-order valence-electron chi connectivity index (χ0n) is 18.8. The Morgan fingerprint density at radius 1 is 0.882 bits per heavy atom. The van der Waals surface area contributed by atoms with Gasteiger partial charge in [-0.15, -0.1) is 0 Å². The first-order valence-electron chi connectivity index (χ1n) is 11.6. The summed E-state index contributed by atoms with van der Waals surface area (Å²) in [7, 11) is 0. The molecule has 3 aromatic carbocycles. The van der Waals surface area contributed by atoms with Gasteiger partial charge in [0.15, 0.2) is 5.78 Å². The van der Waals surface area contributed by atoms with E-state index in [0.717, 1.165) is 18.5 Å². The second-order valence-electron chi connectivity index (χ2n) is 8.94. The molecule has 1 unspecified atom stereocenters. The highest BCUT2D eigenvalue weighted by molar-refractivity contribution is 5.95. The van der Waals surface area contributed by atoms with Gasteiger partial charge in [-0.25, -0.2) is 13.2 Å². The molecule has 3 aromatic rings. The zero-order valence-corrected chi connectivity index (χ0v) is 18.8. The molecule has 0 aliphatic carbocycles. The van der Waals surface area contributed by atoms with Gasteiger partial charge in [-0.3, -0.25) is 4.79 Å². The average Bonchev–Trinajstić information content (AvgIpc) is 2.85. The summed E-state index contributed by atoms with van der Waals surface area (Å²) < 4.78 is 40.0. The number of aliphatic hydroxyl groups excluding tert-OH is 1. The van der Waals surface area contributed by atoms with Crippen LogP contribution >= 0.6 is 0 Å². The molecular weight excluding hydrogens is 439 g/mol. The molecule has 0 radical (unpaired) electrons. The van der Waals surface area contributed by atoms with E-state index >= 15 is 0 Å². The number of rotatable bonds is 8. The molecule has 0 aromatic heterocycles. The molecule has 4 rings (SSSR count). The summed E-state index contributed by atoms with van der Waals surface area (Å²) in [5, 5.41) is 11.2. The monoisotopic (exact) mass is 467 g/mol. The number of Topliss-reactive ketones (excluding diaryl/α,β-unsaturated/α-hetero) is 1. The maximum Gasteiger partial charge on any atom is 0.162 e. The van der Waals surface area contributed by atoms with E-state index < -0.39 is 6.10 Å². The SMILES string of the molecule is O=C(CCCN1CC[C@@H](c2ccc(F)cc2)[C@@H](C(O)c2ccc(F)cc2)C1)c1ccc(F)cc1. The van der Waals surface area contributed by atoms with E-state index in [1.165, 1.54) is 48.5 Å². The van der Waals surface area contributed by atoms with Crippen LogP contribution in [0.25, 0.3) is 0 Å². The number of halogens is 3. The number of hydrogen-bond donors (Lipinski definition) is 1. The van der Waals surface area contributed by atoms with Gasteiger partial charge in [0.05, 0.1) is 6.10 Å². The number of likely N-dealkylation sites (tertiary alicyclic amines) is 1. The summed E-state index contributed by atoms with van der Waals surface area (Å²) >= 11 is 0. The predicted molar refractivity (Wildman–Crippen MR) is 125 cm³/mol. The van der Waals surface area contributed by atoms with Gasteiger partial charge in [0.25, 0.3) is 0 Å². The van der Waals surface area contributed by atoms with E-state index in [4.69, 9.17) is 0 Å². The Labute approximate surface area is 197 Å². The topological polar surface area (TPSA) is 40.5 Å². The van der Waals surface area contributed by atoms with Gasteiger partial charge in [0.1, 0.15) is 17.5 Å². The molecule has 1 aliphatic rings. The Balaban J connectivity index is 1.43. The smallest absolute Gasteiger partial charge is 0.162 e. The third-order valence-electron chi connectivity index (χ3n) is 6.70. The summed E-state index contributed by atoms with van der Waals surface area (Å²) in [6.45, 7) is 2.08. The Kier molecular flexibility index (Phi) is 7.80. The number of benzene rings is 3. The lowest BCUT2D eigenvalue weighted by molar-refractivity contribution is 0.0348. The van der Waals surface area contributed by atoms with Crippen molar-refractivity contribution in [1.82, 2.24) is 4.90 Å². The molecule has 3 nitrogen and oxygen atoms in total. The first kappa shape index (κ1) is 24.2. The molecule has 178 valence electrons. The minimum atomic E-state index is -0.806. The molecule has 6 heteroatoms. The van der Waals surface area contributed by atoms with Crippen molar-refractivity contribution in [3.05, 3.63) is 107 Å². The van der Waals surface area contributed by atoms with Crippen LogP contribution in [0.4, 0.5) is 13.2 Å². The Morgan fingerprint density at radius 3 is 2.06 bits per heavy atom. The number of hydrogen-bond acceptors (Lipinski definition) is 3. The molecule has 1 heterocycles. The van der Waals surface area contributed by atoms with Gasteiger partial charge < -0.3 is 10.0 Å². The molecule has 1 saturated heterocycles. The summed E-state index contributed by atoms with van der Waals surface area (Å²) in [5.41, 5.74) is 2.12. The van der Waals surface area contributed by atoms with E-state index in [1.807, 2.05) is 0 Å². The van der Waals surface area contributed by atoms with Crippen LogP contribution in [-0.4, -0.2) is 35.4 Å². The van der Waals surface area contributed by atoms with E-state index in [-0.39, 0.29) is 35.1 Å². The van der Waals surface area contributed by atoms with Crippen molar-refractivity contribution in [3.63, 3.8) is 0 Å². The third kappa shape index (κ3) is 5.93. The average molecular weight is 468 g/mol. The summed E-state index contributed by atoms with van der Waals surface area (Å²) in [6, 6.07) is 17.9. The maximum atomic E-state index is 13.5. The molecule has 0 bridgehead atoms. The molecule has 34 heavy (non-hydrogen) atoms. The fourth-order valence-corrected chi connectivity index (χ4v) is 4.85. The van der Waals surface area contributed by atoms with Gasteiger partial charge in [-0.1, -0.05) is 24.3 Å². The Morgan fingerprint density at radius 2 is 1.44 bits per heavy atom. The number of nitrogens with zero attached hydrogens (tertiary/aromatic N) is 1. The Hall–Kier alpha value is -2.96. The number of piperidine rings is 1. The molecule has 1 aliphatic heterocycles. The summed E-state index contributed by atoms with van der Waals surface area (Å²) in [5.74, 6) is -1.20. The van der Waals surface area contributed by atoms with E-state index in [1.54, 1.807) is 24.3 Å². The fourth-order valence-electron chi connectivity index (χ4n) is 4.85. The fraction of sp³-hybridized carbons (Fsp3) is 0.321. The van der Waals surface area contributed by atoms with E-state index in [2.05, 4.69) is 4.90 Å². The quantitative estimate of drug-likeness (QED) is 0.419. The Bertz CT molecular complexity index is 1080. The lowest BCUT2D eigenvalue weighted by Crippen LogP contribution is -2.42. The van der Waals surface area contributed by atoms with Gasteiger partial charge in [-0.05, 0) is 91.5 Å². The van der Waals surface area contributed by atoms with Crippen LogP contribution < -0.4 is 0 Å². The van der Waals surface area contributed by atoms with Gasteiger partial charge >= 0.3 is 0 Å². The van der Waals surface area contributed by atoms with Crippen LogP contribution in [0.15, 0.2) is 72.8 Å². The highest BCUT2D eigenvalue weighted by Gasteiger charge is 2.35. The molecule has 3 atom stereocenters. The second kappa shape index (κ2) is 11.0. The van der Waals surface area contributed by atoms with Crippen molar-refractivity contribution < 1.29 is 23.1 Å². The first-order valence-corrected chi connectivity index (χ1v) is 11.6. The van der Waals surface area contributed by atoms with E-state index in [9.17, 15) is 23.1 Å². The minimum absolute atomic E-state index is 0.0240. The van der Waals surface area contributed by atoms with E-state index in [0.29, 0.717) is 37.1 Å². The summed E-state index contributed by atoms with van der Waals surface area (Å²) in [6.07, 6.45) is 0.977. The lowest BCUT2D eigenvalue weighted by atomic mass is 9.76. The minimum Gasteiger partial charge on any atom is -0.388 e. The van der Waals surface area contributed by atoms with Gasteiger partial charge in [-0.2, -0.15) is 0 Å². The lowest BCUT2D eigenvalue weighted by Gasteiger charge is -2.41. The van der Waals surface area contributed by atoms with Crippen molar-refractivity contribution in [2.45, 2.75) is 31.3 Å². The highest BCUT2D eigenvalue weighted by atomic mass is 19.1. The molecule has 1 fully saturated rings. The zero-order chi connectivity index (χ0) is 24.1. The summed E-state index contributed by atoms with van der Waals surface area (Å²) in [4.78, 5) is 14.6. The van der Waals surface area contributed by atoms with Crippen LogP contribution in [0.1, 0.15) is 52.8 Å². The van der Waals surface area contributed by atoms with Crippen molar-refractivity contribution in [2.75, 3.05) is 19.6 Å². The third-order valence-corrected chi connectivity index (χ3v) is 6.70. The number of aliphatic hydroxyl groups is 1. The normalized spacial score (nSPS) is 19.6. The predicted octanol–water partition coefficient (Wildman–Crippen LogP) is 5.91. The largest absolute Gasteiger partial charge is 0.388 e. The first-order chi connectivity index (χ1) is 16.4. The number of ketones is 1. The van der Waals surface area contributed by atoms with Crippen LogP contribution in [0.2, 0.25) is 0 Å².